The fraction of sp³-hybridized carbons (Fsp3) is 0.971. The van der Waals surface area contributed by atoms with E-state index < -0.39 is 180 Å². The van der Waals surface area contributed by atoms with Crippen LogP contribution in [0.2, 0.25) is 0 Å². The van der Waals surface area contributed by atoms with Gasteiger partial charge in [-0.2, -0.15) is 0 Å². The lowest BCUT2D eigenvalue weighted by atomic mass is 9.98. The van der Waals surface area contributed by atoms with Gasteiger partial charge >= 0.3 is 5.97 Å². The first-order valence-electron chi connectivity index (χ1n) is 19.3. The van der Waals surface area contributed by atoms with Crippen LogP contribution in [0.1, 0.15) is 0 Å². The Hall–Kier alpha value is -1.53. The molecule has 0 radical (unpaired) electrons. The first-order valence-corrected chi connectivity index (χ1v) is 19.3. The highest BCUT2D eigenvalue weighted by molar-refractivity contribution is 5.73. The highest BCUT2D eigenvalue weighted by Crippen LogP contribution is 2.34. The van der Waals surface area contributed by atoms with Gasteiger partial charge in [0, 0.05) is 21.3 Å². The number of carbonyl (C=O) groups is 1. The fourth-order valence-corrected chi connectivity index (χ4v) is 7.70. The maximum Gasteiger partial charge on any atom is 0.335 e. The van der Waals surface area contributed by atoms with E-state index in [1.165, 1.54) is 14.2 Å². The molecule has 0 amide bonds. The molecule has 0 aliphatic carbocycles. The topological polar surface area (TPSA) is 389 Å². The molecule has 0 spiro atoms. The van der Waals surface area contributed by atoms with Gasteiger partial charge in [0.2, 0.25) is 0 Å². The van der Waals surface area contributed by atoms with Crippen molar-refractivity contribution < 1.29 is 132 Å². The number of carboxylic acids is 1. The fourth-order valence-electron chi connectivity index (χ4n) is 7.70. The minimum atomic E-state index is -1.94. The van der Waals surface area contributed by atoms with Crippen LogP contribution in [0, 0.1) is 0 Å². The molecule has 12 N–H and O–H groups in total. The van der Waals surface area contributed by atoms with Gasteiger partial charge in [0.15, 0.2) is 43.8 Å². The predicted molar refractivity (Wildman–Crippen MR) is 184 cm³/mol. The SMILES string of the molecule is CO[C@@H]1OC[C@@H](O[C@@H]2OC[C@@H](O[C@@H]3OC[C@@H](O[C@@H]4OC[C@@H](OC)C(O)[C@@H]4O[C@H]4O[C@@H](C(=O)O)[C@@H](OC)C(O)C4O)C(O)C3O)C(O[C@@H]3O[C@@H](CO)C(O)[C@@H]3O)[C@@H]2O)C(O)C1O. The summed E-state index contributed by atoms with van der Waals surface area (Å²) in [4.78, 5) is 11.9. The highest BCUT2D eigenvalue weighted by atomic mass is 16.8. The number of carboxylic acid groups (broad SMARTS) is 1. The van der Waals surface area contributed by atoms with Crippen molar-refractivity contribution in [2.45, 2.75) is 154 Å². The maximum atomic E-state index is 11.9. The predicted octanol–water partition coefficient (Wildman–Crippen LogP) is -8.85. The van der Waals surface area contributed by atoms with Gasteiger partial charge in [0.25, 0.3) is 0 Å². The van der Waals surface area contributed by atoms with E-state index in [0.29, 0.717) is 0 Å². The standard InChI is InChI=1S/C34H56O27/c1-48-10-5-54-34(26(17(10)39)60-33-22(44)18(40)25(49-2)27(61-33)28(46)47)57-12-7-52-30(20(42)16(12)38)58-13-8-53-31(56-11-6-51-29(50-3)19(41)15(11)37)23(45)24(13)59-32-21(43)14(36)9(4-35)55-32/h9-27,29-45H,4-8H2,1-3H3,(H,46,47)/t9-,10+,11+,12+,13+,14?,15?,16?,17?,18?,19?,20?,21-,22?,23-,24?,25-,26-,27+,29+,30-,31-,32-,33-,34-/m0/s1. The van der Waals surface area contributed by atoms with Crippen molar-refractivity contribution in [3.63, 3.8) is 0 Å². The zero-order chi connectivity index (χ0) is 44.4. The van der Waals surface area contributed by atoms with E-state index in [2.05, 4.69) is 0 Å². The van der Waals surface area contributed by atoms with Crippen LogP contribution >= 0.6 is 0 Å². The molecule has 9 unspecified atom stereocenters. The maximum absolute atomic E-state index is 11.9. The van der Waals surface area contributed by atoms with Crippen molar-refractivity contribution in [2.75, 3.05) is 54.4 Å². The summed E-state index contributed by atoms with van der Waals surface area (Å²) in [6, 6.07) is 0. The summed E-state index contributed by atoms with van der Waals surface area (Å²) < 4.78 is 77.6. The molecule has 6 fully saturated rings. The van der Waals surface area contributed by atoms with Gasteiger partial charge in [-0.05, 0) is 0 Å². The largest absolute Gasteiger partial charge is 0.479 e. The molecule has 27 nitrogen and oxygen atoms in total. The summed E-state index contributed by atoms with van der Waals surface area (Å²) in [7, 11) is 3.60. The Morgan fingerprint density at radius 2 is 0.918 bits per heavy atom. The van der Waals surface area contributed by atoms with Crippen molar-refractivity contribution in [2.24, 2.45) is 0 Å². The van der Waals surface area contributed by atoms with Crippen LogP contribution in [0.5, 0.6) is 0 Å². The number of aliphatic carboxylic acids is 1. The molecule has 6 aliphatic rings. The third kappa shape index (κ3) is 10.3. The Labute approximate surface area is 346 Å². The molecule has 6 heterocycles. The minimum Gasteiger partial charge on any atom is -0.479 e. The lowest BCUT2D eigenvalue weighted by molar-refractivity contribution is -0.379. The summed E-state index contributed by atoms with van der Waals surface area (Å²) in [6.45, 7) is -2.38. The summed E-state index contributed by atoms with van der Waals surface area (Å²) >= 11 is 0. The quantitative estimate of drug-likeness (QED) is 0.0726. The van der Waals surface area contributed by atoms with Gasteiger partial charge in [-0.1, -0.05) is 0 Å². The van der Waals surface area contributed by atoms with Gasteiger partial charge in [-0.25, -0.2) is 4.79 Å². The van der Waals surface area contributed by atoms with Crippen LogP contribution in [0.3, 0.4) is 0 Å². The van der Waals surface area contributed by atoms with Crippen LogP contribution in [0.4, 0.5) is 0 Å². The summed E-state index contributed by atoms with van der Waals surface area (Å²) in [6.07, 6.45) is -40.1. The second-order valence-electron chi connectivity index (χ2n) is 15.1. The second-order valence-corrected chi connectivity index (χ2v) is 15.1. The molecule has 0 aromatic carbocycles. The van der Waals surface area contributed by atoms with E-state index in [1.807, 2.05) is 0 Å². The third-order valence-corrected chi connectivity index (χ3v) is 11.3. The molecule has 25 atom stereocenters. The Balaban J connectivity index is 1.13. The highest BCUT2D eigenvalue weighted by Gasteiger charge is 2.55. The number of aliphatic hydroxyl groups is 11. The first kappa shape index (κ1) is 48.9. The van der Waals surface area contributed by atoms with Crippen LogP contribution in [0.15, 0.2) is 0 Å². The minimum absolute atomic E-state index is 0.299. The van der Waals surface area contributed by atoms with Gasteiger partial charge < -0.3 is 128 Å². The smallest absolute Gasteiger partial charge is 0.335 e. The number of rotatable bonds is 15. The normalized spacial score (nSPS) is 51.0. The van der Waals surface area contributed by atoms with E-state index >= 15 is 0 Å². The van der Waals surface area contributed by atoms with Crippen LogP contribution in [-0.2, 0) is 71.1 Å². The molecule has 0 aromatic rings. The molecule has 6 rings (SSSR count). The van der Waals surface area contributed by atoms with Crippen LogP contribution < -0.4 is 0 Å². The zero-order valence-corrected chi connectivity index (χ0v) is 33.0. The monoisotopic (exact) mass is 896 g/mol. The van der Waals surface area contributed by atoms with Crippen LogP contribution in [-0.4, -0.2) is 275 Å². The zero-order valence-electron chi connectivity index (χ0n) is 33.0. The molecule has 6 saturated heterocycles. The van der Waals surface area contributed by atoms with E-state index in [4.69, 9.17) is 66.3 Å². The molecule has 61 heavy (non-hydrogen) atoms. The molecular weight excluding hydrogens is 840 g/mol. The van der Waals surface area contributed by atoms with Gasteiger partial charge in [0.1, 0.15) is 110 Å². The molecule has 0 aromatic heterocycles. The van der Waals surface area contributed by atoms with Gasteiger partial charge in [-0.15, -0.1) is 0 Å². The lowest BCUT2D eigenvalue weighted by Crippen LogP contribution is -2.65. The summed E-state index contributed by atoms with van der Waals surface area (Å²) in [5.74, 6) is -1.56. The van der Waals surface area contributed by atoms with E-state index in [1.54, 1.807) is 0 Å². The summed E-state index contributed by atoms with van der Waals surface area (Å²) in [5.41, 5.74) is 0. The molecule has 6 aliphatic heterocycles. The van der Waals surface area contributed by atoms with Gasteiger partial charge in [-0.3, -0.25) is 0 Å². The average Bonchev–Trinajstić information content (AvgIpc) is 3.51. The van der Waals surface area contributed by atoms with E-state index in [9.17, 15) is 66.1 Å². The molecular formula is C34H56O27. The van der Waals surface area contributed by atoms with Crippen molar-refractivity contribution >= 4 is 5.97 Å². The number of ether oxygens (including phenoxy) is 14. The number of hydrogen-bond donors (Lipinski definition) is 12. The van der Waals surface area contributed by atoms with Crippen molar-refractivity contribution in [1.82, 2.24) is 0 Å². The third-order valence-electron chi connectivity index (χ3n) is 11.3. The van der Waals surface area contributed by atoms with Gasteiger partial charge in [0.05, 0.1) is 33.0 Å². The Morgan fingerprint density at radius 3 is 1.49 bits per heavy atom. The average molecular weight is 897 g/mol. The van der Waals surface area contributed by atoms with Crippen molar-refractivity contribution in [3.8, 4) is 0 Å². The van der Waals surface area contributed by atoms with E-state index in [-0.39, 0.29) is 13.2 Å². The van der Waals surface area contributed by atoms with E-state index in [0.717, 1.165) is 7.11 Å². The van der Waals surface area contributed by atoms with Crippen LogP contribution in [0.25, 0.3) is 0 Å². The molecule has 0 bridgehead atoms. The van der Waals surface area contributed by atoms with Crippen molar-refractivity contribution in [3.05, 3.63) is 0 Å². The number of methoxy groups -OCH3 is 3. The Bertz CT molecular complexity index is 1390. The number of aliphatic hydroxyl groups excluding tert-OH is 11. The molecule has 0 saturated carbocycles. The molecule has 354 valence electrons. The summed E-state index contributed by atoms with van der Waals surface area (Å²) in [5, 5.41) is 127. The lowest BCUT2D eigenvalue weighted by Gasteiger charge is -2.47. The number of hydrogen-bond acceptors (Lipinski definition) is 26. The molecule has 27 heteroatoms. The Kier molecular flexibility index (Phi) is 17.0. The van der Waals surface area contributed by atoms with Crippen molar-refractivity contribution in [1.29, 1.82) is 0 Å². The Morgan fingerprint density at radius 1 is 0.443 bits per heavy atom. The first-order chi connectivity index (χ1) is 29.0. The second kappa shape index (κ2) is 21.2.